The summed E-state index contributed by atoms with van der Waals surface area (Å²) in [5.41, 5.74) is 1.89. The first-order valence-corrected chi connectivity index (χ1v) is 7.69. The average molecular weight is 328 g/mol. The van der Waals surface area contributed by atoms with Crippen LogP contribution in [0.3, 0.4) is 0 Å². The molecule has 1 saturated heterocycles. The van der Waals surface area contributed by atoms with Gasteiger partial charge in [0.25, 0.3) is 0 Å². The fourth-order valence-corrected chi connectivity index (χ4v) is 3.06. The third-order valence-corrected chi connectivity index (χ3v) is 4.20. The van der Waals surface area contributed by atoms with Gasteiger partial charge in [-0.25, -0.2) is 9.78 Å². The van der Waals surface area contributed by atoms with Crippen molar-refractivity contribution in [1.29, 1.82) is 0 Å². The molecule has 0 unspecified atom stereocenters. The molecule has 1 fully saturated rings. The fraction of sp³-hybridized carbons (Fsp3) is 0.188. The van der Waals surface area contributed by atoms with Crippen LogP contribution in [0.1, 0.15) is 5.56 Å². The number of fused-ring (bicyclic) bond motifs is 1. The smallest absolute Gasteiger partial charge is 0.318 e. The first-order chi connectivity index (χ1) is 11.2. The fourth-order valence-electron chi connectivity index (χ4n) is 2.85. The number of aromatic nitrogens is 3. The van der Waals surface area contributed by atoms with E-state index in [1.165, 1.54) is 0 Å². The molecule has 6 nitrogen and oxygen atoms in total. The van der Waals surface area contributed by atoms with Crippen molar-refractivity contribution in [2.45, 2.75) is 6.54 Å². The molecule has 3 aromatic rings. The predicted molar refractivity (Wildman–Crippen MR) is 88.5 cm³/mol. The topological polar surface area (TPSA) is 65.1 Å². The molecule has 2 aromatic heterocycles. The molecule has 2 amide bonds. The van der Waals surface area contributed by atoms with E-state index in [4.69, 9.17) is 11.6 Å². The number of hydrogen-bond donors (Lipinski definition) is 1. The molecule has 0 radical (unpaired) electrons. The van der Waals surface area contributed by atoms with Gasteiger partial charge in [0.2, 0.25) is 0 Å². The lowest BCUT2D eigenvalue weighted by molar-refractivity contribution is 0.218. The Morgan fingerprint density at radius 1 is 1.26 bits per heavy atom. The molecule has 1 aromatic carbocycles. The van der Waals surface area contributed by atoms with Crippen LogP contribution in [-0.4, -0.2) is 39.2 Å². The molecular weight excluding hydrogens is 314 g/mol. The van der Waals surface area contributed by atoms with Gasteiger partial charge in [0.15, 0.2) is 0 Å². The normalized spacial score (nSPS) is 14.9. The van der Waals surface area contributed by atoms with Crippen LogP contribution in [0.25, 0.3) is 10.9 Å². The van der Waals surface area contributed by atoms with Crippen molar-refractivity contribution in [2.24, 2.45) is 0 Å². The van der Waals surface area contributed by atoms with Crippen LogP contribution in [0, 0.1) is 0 Å². The minimum atomic E-state index is -0.0498. The van der Waals surface area contributed by atoms with E-state index in [1.54, 1.807) is 22.2 Å². The van der Waals surface area contributed by atoms with E-state index in [-0.39, 0.29) is 6.03 Å². The Morgan fingerprint density at radius 2 is 2.17 bits per heavy atom. The number of anilines is 1. The number of H-pyrrole nitrogens is 1. The molecule has 1 aliphatic heterocycles. The number of benzene rings is 1. The van der Waals surface area contributed by atoms with Crippen molar-refractivity contribution >= 4 is 34.4 Å². The Labute approximate surface area is 137 Å². The van der Waals surface area contributed by atoms with Crippen molar-refractivity contribution in [2.75, 3.05) is 18.0 Å². The van der Waals surface area contributed by atoms with Crippen molar-refractivity contribution in [1.82, 2.24) is 20.1 Å². The van der Waals surface area contributed by atoms with Gasteiger partial charge in [-0.2, -0.15) is 5.10 Å². The molecular formula is C16H14ClN5O. The quantitative estimate of drug-likeness (QED) is 0.804. The van der Waals surface area contributed by atoms with E-state index in [9.17, 15) is 4.79 Å². The Bertz CT molecular complexity index is 878. The summed E-state index contributed by atoms with van der Waals surface area (Å²) in [4.78, 5) is 20.6. The minimum absolute atomic E-state index is 0.0498. The number of rotatable bonds is 3. The van der Waals surface area contributed by atoms with E-state index in [1.807, 2.05) is 30.3 Å². The lowest BCUT2D eigenvalue weighted by atomic mass is 10.2. The molecule has 7 heteroatoms. The van der Waals surface area contributed by atoms with E-state index >= 15 is 0 Å². The van der Waals surface area contributed by atoms with Gasteiger partial charge in [-0.3, -0.25) is 10.00 Å². The molecule has 23 heavy (non-hydrogen) atoms. The highest BCUT2D eigenvalue weighted by molar-refractivity contribution is 6.30. The molecule has 0 bridgehead atoms. The van der Waals surface area contributed by atoms with E-state index < -0.39 is 0 Å². The maximum atomic E-state index is 12.7. The van der Waals surface area contributed by atoms with Crippen LogP contribution < -0.4 is 4.90 Å². The maximum absolute atomic E-state index is 12.7. The third kappa shape index (κ3) is 2.51. The summed E-state index contributed by atoms with van der Waals surface area (Å²) < 4.78 is 0. The summed E-state index contributed by atoms with van der Waals surface area (Å²) >= 11 is 6.01. The molecule has 4 rings (SSSR count). The van der Waals surface area contributed by atoms with Crippen molar-refractivity contribution in [3.8, 4) is 0 Å². The molecule has 116 valence electrons. The van der Waals surface area contributed by atoms with Crippen LogP contribution in [0.4, 0.5) is 10.6 Å². The first kappa shape index (κ1) is 14.0. The van der Waals surface area contributed by atoms with E-state index in [0.29, 0.717) is 30.5 Å². The lowest BCUT2D eigenvalue weighted by Crippen LogP contribution is -2.32. The number of pyridine rings is 1. The Hall–Kier alpha value is -2.60. The second-order valence-corrected chi connectivity index (χ2v) is 5.89. The number of amides is 2. The molecule has 0 aliphatic carbocycles. The van der Waals surface area contributed by atoms with Crippen molar-refractivity contribution < 1.29 is 4.79 Å². The molecule has 1 aliphatic rings. The number of aromatic amines is 1. The molecule has 0 spiro atoms. The summed E-state index contributed by atoms with van der Waals surface area (Å²) in [6, 6.07) is 9.36. The van der Waals surface area contributed by atoms with Gasteiger partial charge >= 0.3 is 6.03 Å². The summed E-state index contributed by atoms with van der Waals surface area (Å²) in [6.07, 6.45) is 3.38. The van der Waals surface area contributed by atoms with Crippen LogP contribution in [-0.2, 0) is 6.54 Å². The zero-order valence-corrected chi connectivity index (χ0v) is 13.0. The summed E-state index contributed by atoms with van der Waals surface area (Å²) in [5, 5.41) is 8.45. The second-order valence-electron chi connectivity index (χ2n) is 5.45. The number of urea groups is 1. The van der Waals surface area contributed by atoms with Crippen LogP contribution in [0.5, 0.6) is 0 Å². The predicted octanol–water partition coefficient (Wildman–Crippen LogP) is 3.05. The average Bonchev–Trinajstić information content (AvgIpc) is 3.15. The Kier molecular flexibility index (Phi) is 3.38. The van der Waals surface area contributed by atoms with E-state index in [2.05, 4.69) is 15.2 Å². The van der Waals surface area contributed by atoms with Crippen molar-refractivity contribution in [3.05, 3.63) is 53.3 Å². The van der Waals surface area contributed by atoms with Gasteiger partial charge in [-0.1, -0.05) is 23.7 Å². The monoisotopic (exact) mass is 327 g/mol. The SMILES string of the molecule is O=C1N(Cc2cccc(Cl)c2)CCN1c1nccc2[nH]ncc12. The van der Waals surface area contributed by atoms with Gasteiger partial charge in [0.1, 0.15) is 5.82 Å². The summed E-state index contributed by atoms with van der Waals surface area (Å²) in [6.45, 7) is 1.80. The highest BCUT2D eigenvalue weighted by atomic mass is 35.5. The Morgan fingerprint density at radius 3 is 3.04 bits per heavy atom. The zero-order valence-electron chi connectivity index (χ0n) is 12.2. The second kappa shape index (κ2) is 5.55. The van der Waals surface area contributed by atoms with Crippen LogP contribution >= 0.6 is 11.6 Å². The molecule has 0 atom stereocenters. The molecule has 0 saturated carbocycles. The number of nitrogens with zero attached hydrogens (tertiary/aromatic N) is 4. The van der Waals surface area contributed by atoms with Gasteiger partial charge in [0, 0.05) is 30.9 Å². The van der Waals surface area contributed by atoms with Gasteiger partial charge in [-0.15, -0.1) is 0 Å². The highest BCUT2D eigenvalue weighted by Gasteiger charge is 2.31. The van der Waals surface area contributed by atoms with E-state index in [0.717, 1.165) is 16.5 Å². The number of carbonyl (C=O) groups is 1. The molecule has 3 heterocycles. The van der Waals surface area contributed by atoms with Crippen LogP contribution in [0.2, 0.25) is 5.02 Å². The maximum Gasteiger partial charge on any atom is 0.326 e. The minimum Gasteiger partial charge on any atom is -0.318 e. The summed E-state index contributed by atoms with van der Waals surface area (Å²) in [7, 11) is 0. The lowest BCUT2D eigenvalue weighted by Gasteiger charge is -2.18. The first-order valence-electron chi connectivity index (χ1n) is 7.31. The number of carbonyl (C=O) groups excluding carboxylic acids is 1. The number of hydrogen-bond acceptors (Lipinski definition) is 3. The summed E-state index contributed by atoms with van der Waals surface area (Å²) in [5.74, 6) is 0.648. The Balaban J connectivity index is 1.59. The van der Waals surface area contributed by atoms with Gasteiger partial charge in [0.05, 0.1) is 17.1 Å². The standard InChI is InChI=1S/C16H14ClN5O/c17-12-3-1-2-11(8-12)10-21-6-7-22(16(21)23)15-13-9-19-20-14(13)4-5-18-15/h1-5,8-9H,6-7,10H2,(H,19,20). The number of nitrogens with one attached hydrogen (secondary N) is 1. The third-order valence-electron chi connectivity index (χ3n) is 3.96. The number of halogens is 1. The zero-order chi connectivity index (χ0) is 15.8. The highest BCUT2D eigenvalue weighted by Crippen LogP contribution is 2.26. The van der Waals surface area contributed by atoms with Crippen LogP contribution in [0.15, 0.2) is 42.7 Å². The van der Waals surface area contributed by atoms with Gasteiger partial charge in [-0.05, 0) is 23.8 Å². The molecule has 1 N–H and O–H groups in total. The largest absolute Gasteiger partial charge is 0.326 e. The van der Waals surface area contributed by atoms with Gasteiger partial charge < -0.3 is 4.90 Å². The van der Waals surface area contributed by atoms with Crippen molar-refractivity contribution in [3.63, 3.8) is 0 Å².